The van der Waals surface area contributed by atoms with Crippen LogP contribution in [0.2, 0.25) is 0 Å². The molecule has 2 heteroatoms. The molecule has 0 bridgehead atoms. The van der Waals surface area contributed by atoms with E-state index in [0.29, 0.717) is 6.42 Å². The van der Waals surface area contributed by atoms with Gasteiger partial charge in [-0.1, -0.05) is 12.2 Å². The molecule has 1 aliphatic rings. The fraction of sp³-hybridized carbons (Fsp3) is 0.667. The lowest BCUT2D eigenvalue weighted by atomic mass is 10.1. The summed E-state index contributed by atoms with van der Waals surface area (Å²) < 4.78 is 23.4. The van der Waals surface area contributed by atoms with E-state index in [9.17, 15) is 8.78 Å². The zero-order chi connectivity index (χ0) is 5.98. The molecular weight excluding hydrogens is 110 g/mol. The van der Waals surface area contributed by atoms with Crippen molar-refractivity contribution in [2.75, 3.05) is 0 Å². The molecule has 0 N–H and O–H groups in total. The average Bonchev–Trinajstić information content (AvgIpc) is 2.12. The van der Waals surface area contributed by atoms with Crippen LogP contribution in [0.3, 0.4) is 0 Å². The molecule has 1 atom stereocenters. The van der Waals surface area contributed by atoms with Gasteiger partial charge in [-0.15, -0.1) is 0 Å². The van der Waals surface area contributed by atoms with Crippen molar-refractivity contribution in [1.82, 2.24) is 0 Å². The number of rotatable bonds is 1. The van der Waals surface area contributed by atoms with Crippen molar-refractivity contribution in [2.24, 2.45) is 5.92 Å². The summed E-state index contributed by atoms with van der Waals surface area (Å²) in [5.41, 5.74) is 0. The SMILES string of the molecule is FC(F)C1C=CCC1. The van der Waals surface area contributed by atoms with E-state index < -0.39 is 12.3 Å². The molecule has 0 amide bonds. The molecular formula is C6H8F2. The Hall–Kier alpha value is -0.400. The van der Waals surface area contributed by atoms with E-state index in [2.05, 4.69) is 0 Å². The van der Waals surface area contributed by atoms with Gasteiger partial charge in [-0.05, 0) is 12.8 Å². The summed E-state index contributed by atoms with van der Waals surface area (Å²) in [4.78, 5) is 0. The van der Waals surface area contributed by atoms with Crippen LogP contribution in [-0.4, -0.2) is 6.43 Å². The lowest BCUT2D eigenvalue weighted by Crippen LogP contribution is -2.03. The average molecular weight is 118 g/mol. The first kappa shape index (κ1) is 5.73. The fourth-order valence-corrected chi connectivity index (χ4v) is 0.866. The van der Waals surface area contributed by atoms with Crippen molar-refractivity contribution in [2.45, 2.75) is 19.3 Å². The summed E-state index contributed by atoms with van der Waals surface area (Å²) >= 11 is 0. The zero-order valence-electron chi connectivity index (χ0n) is 4.48. The Bertz CT molecular complexity index is 96.7. The summed E-state index contributed by atoms with van der Waals surface area (Å²) in [6.07, 6.45) is 2.74. The lowest BCUT2D eigenvalue weighted by Gasteiger charge is -2.02. The molecule has 0 aromatic rings. The molecule has 46 valence electrons. The largest absolute Gasteiger partial charge is 0.244 e. The summed E-state index contributed by atoms with van der Waals surface area (Å²) in [6.45, 7) is 0. The van der Waals surface area contributed by atoms with E-state index >= 15 is 0 Å². The van der Waals surface area contributed by atoms with E-state index in [4.69, 9.17) is 0 Å². The van der Waals surface area contributed by atoms with Gasteiger partial charge in [0.1, 0.15) is 0 Å². The summed E-state index contributed by atoms with van der Waals surface area (Å²) in [6, 6.07) is 0. The Balaban J connectivity index is 2.36. The Morgan fingerprint density at radius 1 is 1.50 bits per heavy atom. The van der Waals surface area contributed by atoms with E-state index in [0.717, 1.165) is 6.42 Å². The maximum Gasteiger partial charge on any atom is 0.244 e. The van der Waals surface area contributed by atoms with Crippen LogP contribution in [0.25, 0.3) is 0 Å². The standard InChI is InChI=1S/C6H8F2/c7-6(8)5-3-1-2-4-5/h1,3,5-6H,2,4H2. The third kappa shape index (κ3) is 1.05. The highest BCUT2D eigenvalue weighted by atomic mass is 19.3. The van der Waals surface area contributed by atoms with Gasteiger partial charge in [0, 0.05) is 5.92 Å². The highest BCUT2D eigenvalue weighted by molar-refractivity contribution is 4.96. The smallest absolute Gasteiger partial charge is 0.210 e. The molecule has 8 heavy (non-hydrogen) atoms. The van der Waals surface area contributed by atoms with Crippen LogP contribution in [0, 0.1) is 5.92 Å². The second-order valence-electron chi connectivity index (χ2n) is 2.00. The molecule has 0 heterocycles. The van der Waals surface area contributed by atoms with Crippen LogP contribution in [0.15, 0.2) is 12.2 Å². The topological polar surface area (TPSA) is 0 Å². The van der Waals surface area contributed by atoms with Crippen molar-refractivity contribution >= 4 is 0 Å². The molecule has 0 saturated carbocycles. The molecule has 1 unspecified atom stereocenters. The van der Waals surface area contributed by atoms with Crippen molar-refractivity contribution in [3.8, 4) is 0 Å². The maximum atomic E-state index is 11.7. The number of alkyl halides is 2. The predicted molar refractivity (Wildman–Crippen MR) is 27.9 cm³/mol. The highest BCUT2D eigenvalue weighted by Gasteiger charge is 2.18. The summed E-state index contributed by atoms with van der Waals surface area (Å²) in [5, 5.41) is 0. The van der Waals surface area contributed by atoms with Crippen LogP contribution in [0.4, 0.5) is 8.78 Å². The van der Waals surface area contributed by atoms with E-state index in [-0.39, 0.29) is 0 Å². The monoisotopic (exact) mass is 118 g/mol. The molecule has 0 radical (unpaired) electrons. The van der Waals surface area contributed by atoms with Gasteiger partial charge in [-0.2, -0.15) is 0 Å². The molecule has 0 nitrogen and oxygen atoms in total. The van der Waals surface area contributed by atoms with Gasteiger partial charge in [-0.25, -0.2) is 8.78 Å². The Kier molecular flexibility index (Phi) is 1.61. The molecule has 0 spiro atoms. The van der Waals surface area contributed by atoms with E-state index in [1.165, 1.54) is 0 Å². The quantitative estimate of drug-likeness (QED) is 0.463. The minimum absolute atomic E-state index is 0.449. The number of halogens is 2. The first-order valence-electron chi connectivity index (χ1n) is 2.75. The Morgan fingerprint density at radius 2 is 2.25 bits per heavy atom. The van der Waals surface area contributed by atoms with Crippen molar-refractivity contribution in [1.29, 1.82) is 0 Å². The fourth-order valence-electron chi connectivity index (χ4n) is 0.866. The van der Waals surface area contributed by atoms with Crippen molar-refractivity contribution in [3.05, 3.63) is 12.2 Å². The minimum Gasteiger partial charge on any atom is -0.210 e. The number of hydrogen-bond acceptors (Lipinski definition) is 0. The third-order valence-electron chi connectivity index (χ3n) is 1.37. The van der Waals surface area contributed by atoms with Gasteiger partial charge in [0.05, 0.1) is 0 Å². The zero-order valence-corrected chi connectivity index (χ0v) is 4.48. The molecule has 1 aliphatic carbocycles. The second-order valence-corrected chi connectivity index (χ2v) is 2.00. The predicted octanol–water partition coefficient (Wildman–Crippen LogP) is 2.22. The van der Waals surface area contributed by atoms with Crippen LogP contribution < -0.4 is 0 Å². The number of allylic oxidation sites excluding steroid dienone is 2. The van der Waals surface area contributed by atoms with Crippen LogP contribution in [-0.2, 0) is 0 Å². The first-order chi connectivity index (χ1) is 3.80. The Morgan fingerprint density at radius 3 is 2.50 bits per heavy atom. The summed E-state index contributed by atoms with van der Waals surface area (Å²) in [5.74, 6) is -0.449. The van der Waals surface area contributed by atoms with Crippen LogP contribution in [0.5, 0.6) is 0 Å². The van der Waals surface area contributed by atoms with Gasteiger partial charge in [0.25, 0.3) is 0 Å². The molecule has 0 fully saturated rings. The molecule has 1 rings (SSSR count). The van der Waals surface area contributed by atoms with Crippen LogP contribution in [0.1, 0.15) is 12.8 Å². The molecule has 0 aromatic heterocycles. The van der Waals surface area contributed by atoms with Gasteiger partial charge in [0.2, 0.25) is 6.43 Å². The minimum atomic E-state index is -2.14. The normalized spacial score (nSPS) is 27.6. The van der Waals surface area contributed by atoms with Gasteiger partial charge < -0.3 is 0 Å². The maximum absolute atomic E-state index is 11.7. The second kappa shape index (κ2) is 2.25. The highest BCUT2D eigenvalue weighted by Crippen LogP contribution is 2.22. The van der Waals surface area contributed by atoms with Crippen molar-refractivity contribution in [3.63, 3.8) is 0 Å². The first-order valence-corrected chi connectivity index (χ1v) is 2.75. The summed E-state index contributed by atoms with van der Waals surface area (Å²) in [7, 11) is 0. The van der Waals surface area contributed by atoms with Crippen LogP contribution >= 0.6 is 0 Å². The van der Waals surface area contributed by atoms with E-state index in [1.807, 2.05) is 6.08 Å². The van der Waals surface area contributed by atoms with E-state index in [1.54, 1.807) is 6.08 Å². The third-order valence-corrected chi connectivity index (χ3v) is 1.37. The van der Waals surface area contributed by atoms with Gasteiger partial charge >= 0.3 is 0 Å². The van der Waals surface area contributed by atoms with Crippen molar-refractivity contribution < 1.29 is 8.78 Å². The number of hydrogen-bond donors (Lipinski definition) is 0. The molecule has 0 aromatic carbocycles. The van der Waals surface area contributed by atoms with Gasteiger partial charge in [0.15, 0.2) is 0 Å². The Labute approximate surface area is 47.2 Å². The molecule has 0 aliphatic heterocycles. The lowest BCUT2D eigenvalue weighted by molar-refractivity contribution is 0.100. The van der Waals surface area contributed by atoms with Gasteiger partial charge in [-0.3, -0.25) is 0 Å². The molecule has 0 saturated heterocycles.